The van der Waals surface area contributed by atoms with E-state index in [2.05, 4.69) is 86.0 Å². The molecule has 0 bridgehead atoms. The lowest BCUT2D eigenvalue weighted by molar-refractivity contribution is -0.136. The quantitative estimate of drug-likeness (QED) is 0.133. The monoisotopic (exact) mass is 1260 g/mol. The molecule has 18 heteroatoms. The van der Waals surface area contributed by atoms with Crippen molar-refractivity contribution in [3.8, 4) is 0 Å². The molecule has 4 fully saturated rings. The van der Waals surface area contributed by atoms with Gasteiger partial charge in [-0.2, -0.15) is 0 Å². The lowest BCUT2D eigenvalue weighted by atomic mass is 9.72. The third-order valence-electron chi connectivity index (χ3n) is 16.4. The summed E-state index contributed by atoms with van der Waals surface area (Å²) in [4.78, 5) is 41.8. The summed E-state index contributed by atoms with van der Waals surface area (Å²) >= 11 is 27.3. The highest BCUT2D eigenvalue weighted by atomic mass is 79.9. The highest BCUT2D eigenvalue weighted by Crippen LogP contribution is 2.51. The second-order valence-corrected chi connectivity index (χ2v) is 25.1. The van der Waals surface area contributed by atoms with E-state index in [9.17, 15) is 24.8 Å². The van der Waals surface area contributed by atoms with Crippen LogP contribution in [0.3, 0.4) is 0 Å². The number of halogens is 6. The molecule has 6 aliphatic rings. The van der Waals surface area contributed by atoms with Crippen LogP contribution in [0.4, 0.5) is 0 Å². The first-order chi connectivity index (χ1) is 34.0. The zero-order valence-corrected chi connectivity index (χ0v) is 48.1. The number of nitrogens with one attached hydrogen (secondary N) is 1. The molecule has 6 heterocycles. The second kappa shape index (κ2) is 23.1. The Hall–Kier alpha value is -1.96. The highest BCUT2D eigenvalue weighted by Gasteiger charge is 2.50. The van der Waals surface area contributed by atoms with E-state index in [4.69, 9.17) is 33.2 Å². The molecule has 71 heavy (non-hydrogen) atoms. The van der Waals surface area contributed by atoms with Crippen LogP contribution in [-0.2, 0) is 46.5 Å². The second-order valence-electron chi connectivity index (χ2n) is 20.7. The molecule has 0 radical (unpaired) electrons. The van der Waals surface area contributed by atoms with Crippen molar-refractivity contribution in [3.63, 3.8) is 0 Å². The Morgan fingerprint density at radius 3 is 1.42 bits per heavy atom. The molecule has 2 amide bonds. The topological polar surface area (TPSA) is 142 Å². The molecule has 2 unspecified atom stereocenters. The first kappa shape index (κ1) is 53.9. The lowest BCUT2D eigenvalue weighted by Gasteiger charge is -2.43. The summed E-state index contributed by atoms with van der Waals surface area (Å²) in [7, 11) is -0.424. The van der Waals surface area contributed by atoms with E-state index in [0.29, 0.717) is 79.4 Å². The van der Waals surface area contributed by atoms with Crippen molar-refractivity contribution < 1.29 is 24.8 Å². The molecule has 0 spiro atoms. The van der Waals surface area contributed by atoms with Crippen molar-refractivity contribution in [1.29, 1.82) is 0 Å². The summed E-state index contributed by atoms with van der Waals surface area (Å²) in [5.41, 5.74) is 4.87. The maximum Gasteiger partial charge on any atom is 0.376 e. The number of aliphatic hydroxyl groups is 2. The Balaban J connectivity index is 0.000000176. The maximum absolute atomic E-state index is 13.2. The number of benzene rings is 2. The first-order valence-corrected chi connectivity index (χ1v) is 29.3. The van der Waals surface area contributed by atoms with Crippen LogP contribution in [0, 0.1) is 23.7 Å². The minimum absolute atomic E-state index is 0.0443. The normalized spacial score (nSPS) is 23.6. The van der Waals surface area contributed by atoms with Crippen LogP contribution < -0.4 is 5.32 Å². The minimum Gasteiger partial charge on any atom is -0.437 e. The summed E-state index contributed by atoms with van der Waals surface area (Å²) < 4.78 is 3.43. The van der Waals surface area contributed by atoms with Crippen LogP contribution in [0.15, 0.2) is 66.7 Å². The molecule has 2 atom stereocenters. The largest absolute Gasteiger partial charge is 0.437 e. The highest BCUT2D eigenvalue weighted by molar-refractivity contribution is 9.11. The molecule has 11 nitrogen and oxygen atoms in total. The molecule has 2 aromatic carbocycles. The van der Waals surface area contributed by atoms with Crippen LogP contribution in [0.5, 0.6) is 0 Å². The molecule has 4 aliphatic heterocycles. The Labute approximate surface area is 462 Å². The van der Waals surface area contributed by atoms with Gasteiger partial charge in [0.25, 0.3) is 0 Å². The number of likely N-dealkylation sites (tertiary alicyclic amines) is 2. The van der Waals surface area contributed by atoms with Crippen molar-refractivity contribution in [2.45, 2.75) is 108 Å². The van der Waals surface area contributed by atoms with Gasteiger partial charge in [0.2, 0.25) is 11.8 Å². The molecular formula is C53H63BBr4Cl2N6O5. The van der Waals surface area contributed by atoms with Crippen LogP contribution in [0.25, 0.3) is 0 Å². The fraction of sp³-hybridized carbons (Fsp3) is 0.547. The lowest BCUT2D eigenvalue weighted by Crippen LogP contribution is -2.48. The van der Waals surface area contributed by atoms with E-state index >= 15 is 0 Å². The number of carbonyl (C=O) groups is 2. The van der Waals surface area contributed by atoms with E-state index in [1.54, 1.807) is 19.2 Å². The van der Waals surface area contributed by atoms with Gasteiger partial charge in [-0.05, 0) is 212 Å². The maximum atomic E-state index is 13.2. The van der Waals surface area contributed by atoms with Gasteiger partial charge >= 0.3 is 7.05 Å². The number of aryl methyl sites for hydroxylation is 4. The van der Waals surface area contributed by atoms with Crippen molar-refractivity contribution in [1.82, 2.24) is 29.9 Å². The predicted molar refractivity (Wildman–Crippen MR) is 295 cm³/mol. The average molecular weight is 1270 g/mol. The number of pyridine rings is 2. The van der Waals surface area contributed by atoms with Gasteiger partial charge in [-0.3, -0.25) is 19.6 Å². The number of nitrogens with zero attached hydrogens (tertiary/aromatic N) is 5. The average Bonchev–Trinajstić information content (AvgIpc) is 3.55. The van der Waals surface area contributed by atoms with Gasteiger partial charge in [0.05, 0.1) is 11.4 Å². The summed E-state index contributed by atoms with van der Waals surface area (Å²) in [6.45, 7) is 8.09. The summed E-state index contributed by atoms with van der Waals surface area (Å²) in [6, 6.07) is 11.8. The zero-order chi connectivity index (χ0) is 50.2. The van der Waals surface area contributed by atoms with Crippen molar-refractivity contribution >= 4 is 106 Å². The number of carbonyl (C=O) groups excluding carboxylic acids is 2. The number of hydrogen-bond donors (Lipinski definition) is 4. The van der Waals surface area contributed by atoms with Gasteiger partial charge in [-0.25, -0.2) is 0 Å². The number of hydrogen-bond acceptors (Lipinski definition) is 9. The van der Waals surface area contributed by atoms with Gasteiger partial charge in [0.1, 0.15) is 11.2 Å². The summed E-state index contributed by atoms with van der Waals surface area (Å²) in [5.74, 6) is 1.20. The molecule has 4 saturated heterocycles. The van der Waals surface area contributed by atoms with Gasteiger partial charge in [-0.15, -0.1) is 0 Å². The van der Waals surface area contributed by atoms with Gasteiger partial charge in [0.15, 0.2) is 0 Å². The predicted octanol–water partition coefficient (Wildman–Crippen LogP) is 10.3. The zero-order valence-electron chi connectivity index (χ0n) is 40.2. The fourth-order valence-electron chi connectivity index (χ4n) is 12.6. The van der Waals surface area contributed by atoms with Crippen molar-refractivity contribution in [2.75, 3.05) is 52.4 Å². The van der Waals surface area contributed by atoms with Crippen molar-refractivity contribution in [3.05, 3.63) is 121 Å². The third-order valence-corrected chi connectivity index (χ3v) is 18.9. The summed E-state index contributed by atoms with van der Waals surface area (Å²) in [5, 5.41) is 39.7. The molecule has 2 aliphatic carbocycles. The number of fused-ring (bicyclic) bond motifs is 4. The Morgan fingerprint density at radius 1 is 0.620 bits per heavy atom. The molecule has 2 aromatic heterocycles. The van der Waals surface area contributed by atoms with Gasteiger partial charge in [-0.1, -0.05) is 55.1 Å². The van der Waals surface area contributed by atoms with Gasteiger partial charge < -0.3 is 35.2 Å². The minimum atomic E-state index is -1.27. The first-order valence-electron chi connectivity index (χ1n) is 25.4. The smallest absolute Gasteiger partial charge is 0.376 e. The van der Waals surface area contributed by atoms with Crippen LogP contribution in [0.1, 0.15) is 109 Å². The van der Waals surface area contributed by atoms with Crippen LogP contribution >= 0.6 is 86.9 Å². The fourth-order valence-corrected chi connectivity index (χ4v) is 15.7. The van der Waals surface area contributed by atoms with Gasteiger partial charge in [0, 0.05) is 102 Å². The molecule has 4 aromatic rings. The number of rotatable bonds is 7. The number of amides is 2. The van der Waals surface area contributed by atoms with E-state index in [1.165, 1.54) is 0 Å². The van der Waals surface area contributed by atoms with Crippen molar-refractivity contribution in [2.24, 2.45) is 23.7 Å². The summed E-state index contributed by atoms with van der Waals surface area (Å²) in [6.07, 6.45) is 14.8. The number of aromatic nitrogens is 2. The third kappa shape index (κ3) is 11.6. The molecule has 4 N–H and O–H groups in total. The van der Waals surface area contributed by atoms with E-state index in [1.807, 2.05) is 34.1 Å². The molecule has 0 saturated carbocycles. The van der Waals surface area contributed by atoms with Crippen LogP contribution in [0.2, 0.25) is 16.9 Å². The molecular weight excluding hydrogens is 1200 g/mol. The Kier molecular flexibility index (Phi) is 17.5. The SMILES string of the molecule is CB(O)N1CCC(CC(=O)N2CCC(C3(O)c4ncc(Br)cc4CCc4cc(Cl)cc(Br)c43)CC2)CC1.O=C(CC1CCNCC1)N1CCC(C2(O)c3ncc(Br)cc3CCc3cc(Cl)cc(Br)c32)CC1. The van der Waals surface area contributed by atoms with E-state index < -0.39 is 18.3 Å². The Morgan fingerprint density at radius 2 is 1.01 bits per heavy atom. The molecule has 380 valence electrons. The van der Waals surface area contributed by atoms with Crippen LogP contribution in [-0.4, -0.2) is 111 Å². The van der Waals surface area contributed by atoms with E-state index in [-0.39, 0.29) is 23.7 Å². The standard InChI is InChI=1S/C27H33BBr2ClN3O3.C26H30Br2ClN3O2/c1-28(37)34-10-4-17(5-11-34)12-24(35)33-8-6-20(7-9-33)27(36)25-18(14-22(31)15-23(25)30)2-3-19-13-21(29)16-32-26(19)27;27-20-12-18-2-1-17-13-21(29)14-22(28)24(17)26(34,25(18)31-15-20)19-5-9-32(10-6-19)23(33)11-16-3-7-30-8-4-16/h13-17,20,36-37H,2-12H2,1H3;12-16,19,30,34H,1-11H2. The number of piperidine rings is 4. The van der Waals surface area contributed by atoms with E-state index in [0.717, 1.165) is 147 Å². The molecule has 10 rings (SSSR count). The Bertz CT molecular complexity index is 2610.